The number of rotatable bonds is 36. The van der Waals surface area contributed by atoms with Crippen LogP contribution in [0.5, 0.6) is 5.75 Å². The van der Waals surface area contributed by atoms with Crippen molar-refractivity contribution in [1.82, 2.24) is 52.4 Å². The molecule has 1 aliphatic rings. The van der Waals surface area contributed by atoms with Crippen LogP contribution in [0, 0.1) is 11.8 Å². The number of para-hydroxylation sites is 1. The summed E-state index contributed by atoms with van der Waals surface area (Å²) in [6, 6.07) is 14.7. The minimum Gasteiger partial charge on any atom is -0.508 e. The van der Waals surface area contributed by atoms with Crippen LogP contribution in [0.2, 0.25) is 0 Å². The number of nitrogens with one attached hydrogen (secondary N) is 9. The molecule has 19 N–H and O–H groups in total. The second kappa shape index (κ2) is 35.9. The topological polar surface area (TPSA) is 479 Å². The Kier molecular flexibility index (Phi) is 27.9. The van der Waals surface area contributed by atoms with E-state index >= 15 is 4.79 Å². The molecular formula is C67H87N13O16. The number of aliphatic hydroxyl groups is 1. The largest absolute Gasteiger partial charge is 0.508 e. The van der Waals surface area contributed by atoms with Crippen LogP contribution in [-0.4, -0.2) is 181 Å². The molecule has 11 atom stereocenters. The number of carboxylic acids is 2. The number of carboxylic acid groups (broad SMARTS) is 2. The number of aliphatic hydroxyl groups excluding tert-OH is 1. The minimum absolute atomic E-state index is 0.0119. The lowest BCUT2D eigenvalue weighted by molar-refractivity contribution is -0.142. The number of hydrogen-bond donors (Lipinski definition) is 16. The van der Waals surface area contributed by atoms with Gasteiger partial charge in [-0.2, -0.15) is 0 Å². The first-order valence-electron chi connectivity index (χ1n) is 31.6. The second-order valence-electron chi connectivity index (χ2n) is 24.6. The number of aliphatic carboxylic acids is 2. The van der Waals surface area contributed by atoms with Crippen molar-refractivity contribution in [2.75, 3.05) is 13.1 Å². The number of aromatic nitrogens is 1. The summed E-state index contributed by atoms with van der Waals surface area (Å²) in [6.07, 6.45) is -2.27. The van der Waals surface area contributed by atoms with Gasteiger partial charge >= 0.3 is 11.9 Å². The fraction of sp³-hybridized carbons (Fsp3) is 0.433. The Morgan fingerprint density at radius 3 is 1.64 bits per heavy atom. The number of amides is 10. The molecule has 0 bridgehead atoms. The molecule has 516 valence electrons. The van der Waals surface area contributed by atoms with Gasteiger partial charge in [-0.15, -0.1) is 0 Å². The number of H-pyrrole nitrogens is 1. The molecule has 96 heavy (non-hydrogen) atoms. The van der Waals surface area contributed by atoms with E-state index in [1.165, 1.54) is 24.3 Å². The standard InChI is InChI=1S/C67H87N13O16/c1-36(2)26-48(60(88)72-47(20-13-25-68)59(87)79-57(37(3)4)65(93)78-53(67(95)96)30-41-34-71-46-19-12-11-18-44(41)46)74-61(89)50(28-40-21-23-42(81)24-22-40)76-64(92)54-31-43(82)35-80(54)66(94)52(29-39-16-9-6-10-17-39)77-62(90)49(27-38-14-7-5-8-15-38)75-63(91)51(33-55(70)83)73-58(86)45(69)32-56(84)85/h5-12,14-19,21-24,34,36-37,43,45,47-54,57,71,81-82H,13,20,25-33,35,68-69H2,1-4H3,(H2,70,83)(H,72,88)(H,73,86)(H,74,89)(H,75,91)(H,76,92)(H,77,90)(H,78,93)(H,79,87)(H,84,85)(H,95,96)/t43-,45+,47+,48+,49-,50-,51+,52+,53+,54+,57+/m1/s1. The molecule has 5 aromatic rings. The van der Waals surface area contributed by atoms with Crippen molar-refractivity contribution >= 4 is 81.9 Å². The Labute approximate surface area is 554 Å². The van der Waals surface area contributed by atoms with Crippen LogP contribution in [0.1, 0.15) is 88.5 Å². The van der Waals surface area contributed by atoms with E-state index in [-0.39, 0.29) is 69.6 Å². The van der Waals surface area contributed by atoms with Crippen molar-refractivity contribution in [3.05, 3.63) is 138 Å². The van der Waals surface area contributed by atoms with Crippen molar-refractivity contribution < 1.29 is 78.0 Å². The summed E-state index contributed by atoms with van der Waals surface area (Å²) in [5, 5.41) is 62.5. The monoisotopic (exact) mass is 1330 g/mol. The predicted molar refractivity (Wildman–Crippen MR) is 350 cm³/mol. The van der Waals surface area contributed by atoms with Gasteiger partial charge in [0.2, 0.25) is 59.1 Å². The highest BCUT2D eigenvalue weighted by molar-refractivity contribution is 6.00. The number of nitrogens with zero attached hydrogens (tertiary/aromatic N) is 1. The lowest BCUT2D eigenvalue weighted by atomic mass is 9.99. The number of nitrogens with two attached hydrogens (primary N) is 3. The number of phenolic OH excluding ortho intramolecular Hbond substituents is 1. The zero-order chi connectivity index (χ0) is 70.3. The van der Waals surface area contributed by atoms with Crippen molar-refractivity contribution in [3.8, 4) is 5.75 Å². The van der Waals surface area contributed by atoms with Crippen molar-refractivity contribution in [2.24, 2.45) is 29.0 Å². The van der Waals surface area contributed by atoms with Crippen LogP contribution in [0.25, 0.3) is 10.9 Å². The van der Waals surface area contributed by atoms with E-state index in [1.807, 2.05) is 18.2 Å². The van der Waals surface area contributed by atoms with Gasteiger partial charge in [-0.05, 0) is 78.1 Å². The highest BCUT2D eigenvalue weighted by Crippen LogP contribution is 2.24. The third kappa shape index (κ3) is 22.5. The molecule has 0 unspecified atom stereocenters. The average Bonchev–Trinajstić information content (AvgIpc) is 1.63. The smallest absolute Gasteiger partial charge is 0.326 e. The molecular weight excluding hydrogens is 1240 g/mol. The zero-order valence-corrected chi connectivity index (χ0v) is 53.8. The predicted octanol–water partition coefficient (Wildman–Crippen LogP) is -0.813. The van der Waals surface area contributed by atoms with Crippen LogP contribution < -0.4 is 59.7 Å². The van der Waals surface area contributed by atoms with Crippen LogP contribution >= 0.6 is 0 Å². The Hall–Kier alpha value is -10.3. The average molecular weight is 1330 g/mol. The van der Waals surface area contributed by atoms with Crippen LogP contribution in [0.4, 0.5) is 0 Å². The van der Waals surface area contributed by atoms with E-state index in [1.54, 1.807) is 101 Å². The quantitative estimate of drug-likeness (QED) is 0.0233. The number of carbonyl (C=O) groups is 12. The summed E-state index contributed by atoms with van der Waals surface area (Å²) in [6.45, 7) is 6.48. The fourth-order valence-electron chi connectivity index (χ4n) is 11.1. The lowest BCUT2D eigenvalue weighted by Crippen LogP contribution is -2.61. The maximum Gasteiger partial charge on any atom is 0.326 e. The summed E-state index contributed by atoms with van der Waals surface area (Å²) >= 11 is 0. The van der Waals surface area contributed by atoms with Gasteiger partial charge in [0.25, 0.3) is 0 Å². The molecule has 10 amide bonds. The second-order valence-corrected chi connectivity index (χ2v) is 24.6. The molecule has 1 aromatic heterocycles. The fourth-order valence-corrected chi connectivity index (χ4v) is 11.1. The first-order chi connectivity index (χ1) is 45.6. The summed E-state index contributed by atoms with van der Waals surface area (Å²) in [4.78, 5) is 169. The first kappa shape index (κ1) is 74.8. The number of fused-ring (bicyclic) bond motifs is 1. The number of hydrogen-bond acceptors (Lipinski definition) is 16. The highest BCUT2D eigenvalue weighted by atomic mass is 16.4. The van der Waals surface area contributed by atoms with Crippen LogP contribution in [-0.2, 0) is 83.2 Å². The molecule has 1 saturated heterocycles. The Morgan fingerprint density at radius 1 is 0.562 bits per heavy atom. The van der Waals surface area contributed by atoms with Crippen molar-refractivity contribution in [3.63, 3.8) is 0 Å². The van der Waals surface area contributed by atoms with E-state index in [0.29, 0.717) is 22.3 Å². The van der Waals surface area contributed by atoms with Gasteiger partial charge in [-0.3, -0.25) is 52.7 Å². The van der Waals surface area contributed by atoms with Crippen molar-refractivity contribution in [2.45, 2.75) is 158 Å². The molecule has 4 aromatic carbocycles. The number of benzene rings is 4. The normalized spacial score (nSPS) is 16.4. The van der Waals surface area contributed by atoms with Crippen molar-refractivity contribution in [1.29, 1.82) is 0 Å². The van der Waals surface area contributed by atoms with Gasteiger partial charge < -0.3 is 90.0 Å². The summed E-state index contributed by atoms with van der Waals surface area (Å²) in [5.41, 5.74) is 19.9. The van der Waals surface area contributed by atoms with E-state index < -0.39 is 163 Å². The summed E-state index contributed by atoms with van der Waals surface area (Å²) in [5.74, 6) is -13.1. The number of likely N-dealkylation sites (tertiary alicyclic amines) is 1. The first-order valence-corrected chi connectivity index (χ1v) is 31.6. The third-order valence-electron chi connectivity index (χ3n) is 16.1. The van der Waals surface area contributed by atoms with Gasteiger partial charge in [0.1, 0.15) is 60.1 Å². The molecule has 29 heteroatoms. The number of β-amino-alcohol motifs (C(OH)–C–C–N with tert-alkyl or cyclic N) is 1. The van der Waals surface area contributed by atoms with E-state index in [0.717, 1.165) is 15.8 Å². The van der Waals surface area contributed by atoms with Gasteiger partial charge in [0, 0.05) is 55.7 Å². The summed E-state index contributed by atoms with van der Waals surface area (Å²) < 4.78 is 0. The Balaban J connectivity index is 1.24. The molecule has 6 rings (SSSR count). The minimum atomic E-state index is -1.75. The molecule has 2 heterocycles. The number of aromatic amines is 1. The number of aromatic hydroxyl groups is 1. The molecule has 29 nitrogen and oxygen atoms in total. The third-order valence-corrected chi connectivity index (χ3v) is 16.1. The molecule has 1 fully saturated rings. The molecule has 0 saturated carbocycles. The van der Waals surface area contributed by atoms with Gasteiger partial charge in [0.15, 0.2) is 0 Å². The van der Waals surface area contributed by atoms with Crippen LogP contribution in [0.15, 0.2) is 115 Å². The number of primary amides is 1. The van der Waals surface area contributed by atoms with Gasteiger partial charge in [0.05, 0.1) is 25.0 Å². The maximum absolute atomic E-state index is 15.1. The SMILES string of the molecule is CC(C)C[C@H](NC(=O)[C@@H](Cc1ccc(O)cc1)NC(=O)[C@@H]1C[C@@H](O)CN1C(=O)[C@H](Cc1ccccc1)NC(=O)[C@@H](Cc1ccccc1)NC(=O)[C@H](CC(N)=O)NC(=O)[C@@H](N)CC(=O)O)C(=O)N[C@@H](CCCN)C(=O)N[C@H](C(=O)N[C@@H](Cc1c[nH]c2ccccc12)C(=O)O)C(C)C. The molecule has 1 aliphatic heterocycles. The lowest BCUT2D eigenvalue weighted by Gasteiger charge is -2.31. The number of phenols is 1. The summed E-state index contributed by atoms with van der Waals surface area (Å²) in [7, 11) is 0. The highest BCUT2D eigenvalue weighted by Gasteiger charge is 2.44. The molecule has 0 spiro atoms. The molecule has 0 aliphatic carbocycles. The van der Waals surface area contributed by atoms with E-state index in [9.17, 15) is 73.2 Å². The zero-order valence-electron chi connectivity index (χ0n) is 53.8. The number of carbonyl (C=O) groups excluding carboxylic acids is 10. The Morgan fingerprint density at radius 2 is 1.06 bits per heavy atom. The maximum atomic E-state index is 15.1. The molecule has 0 radical (unpaired) electrons. The van der Waals surface area contributed by atoms with Gasteiger partial charge in [-0.1, -0.05) is 119 Å². The van der Waals surface area contributed by atoms with E-state index in [4.69, 9.17) is 17.2 Å². The van der Waals surface area contributed by atoms with Gasteiger partial charge in [-0.25, -0.2) is 4.79 Å². The van der Waals surface area contributed by atoms with Crippen LogP contribution in [0.3, 0.4) is 0 Å². The Bertz CT molecular complexity index is 3540. The van der Waals surface area contributed by atoms with E-state index in [2.05, 4.69) is 47.5 Å².